The number of allylic oxidation sites excluding steroid dienone is 2. The number of nitrogens with one attached hydrogen (secondary N) is 1. The second-order valence-corrected chi connectivity index (χ2v) is 3.05. The SMILES string of the molecule is C/C1=C/CCCC(=N)CC1.[Ar]. The van der Waals surface area contributed by atoms with E-state index in [1.807, 2.05) is 0 Å². The van der Waals surface area contributed by atoms with Crippen molar-refractivity contribution in [3.63, 3.8) is 0 Å². The Balaban J connectivity index is 0.000001000. The second-order valence-electron chi connectivity index (χ2n) is 3.05. The molecule has 1 N–H and O–H groups in total. The van der Waals surface area contributed by atoms with Gasteiger partial charge in [-0.15, -0.1) is 0 Å². The monoisotopic (exact) mass is 177 g/mol. The molecule has 64 valence electrons. The van der Waals surface area contributed by atoms with Gasteiger partial charge in [0.15, 0.2) is 0 Å². The van der Waals surface area contributed by atoms with E-state index in [0.29, 0.717) is 0 Å². The molecule has 2 heteroatoms. The first-order valence-corrected chi connectivity index (χ1v) is 4.01. The van der Waals surface area contributed by atoms with Gasteiger partial charge in [0.25, 0.3) is 0 Å². The topological polar surface area (TPSA) is 23.9 Å². The van der Waals surface area contributed by atoms with Crippen molar-refractivity contribution in [3.05, 3.63) is 11.6 Å². The number of hydrogen-bond acceptors (Lipinski definition) is 1. The average molecular weight is 177 g/mol. The van der Waals surface area contributed by atoms with Crippen LogP contribution in [0.15, 0.2) is 11.6 Å². The fraction of sp³-hybridized carbons (Fsp3) is 0.667. The second kappa shape index (κ2) is 6.22. The van der Waals surface area contributed by atoms with Crippen molar-refractivity contribution in [2.45, 2.75) is 39.0 Å². The standard InChI is InChI=1S/C9H15N.Ar/c1-8-4-2-3-5-9(10)7-6-8;/h4,10H,2-3,5-7H2,1H3;/b8-4-,10-9?;. The van der Waals surface area contributed by atoms with E-state index in [9.17, 15) is 0 Å². The maximum atomic E-state index is 7.49. The first-order valence-electron chi connectivity index (χ1n) is 4.01. The maximum Gasteiger partial charge on any atom is 0.00924 e. The molecule has 0 amide bonds. The van der Waals surface area contributed by atoms with Gasteiger partial charge in [0.1, 0.15) is 0 Å². The largest absolute Gasteiger partial charge is 0.310 e. The van der Waals surface area contributed by atoms with Gasteiger partial charge >= 0.3 is 0 Å². The van der Waals surface area contributed by atoms with Crippen molar-refractivity contribution in [2.75, 3.05) is 0 Å². The van der Waals surface area contributed by atoms with Gasteiger partial charge in [-0.1, -0.05) is 11.6 Å². The molecule has 0 aromatic rings. The summed E-state index contributed by atoms with van der Waals surface area (Å²) in [4.78, 5) is 0. The molecular weight excluding hydrogens is 162 g/mol. The Bertz CT molecular complexity index is 161. The average Bonchev–Trinajstić information content (AvgIpc) is 1.90. The Hall–Kier alpha value is 0.670. The van der Waals surface area contributed by atoms with Crippen molar-refractivity contribution >= 4 is 5.71 Å². The summed E-state index contributed by atoms with van der Waals surface area (Å²) >= 11 is 0. The van der Waals surface area contributed by atoms with E-state index in [1.54, 1.807) is 0 Å². The molecule has 11 heavy (non-hydrogen) atoms. The molecule has 0 radical (unpaired) electrons. The third-order valence-corrected chi connectivity index (χ3v) is 2.00. The zero-order valence-corrected chi connectivity index (χ0v) is 7.67. The summed E-state index contributed by atoms with van der Waals surface area (Å²) in [5.74, 6) is 0. The molecule has 0 aromatic carbocycles. The van der Waals surface area contributed by atoms with Gasteiger partial charge in [-0.25, -0.2) is 0 Å². The molecule has 1 aliphatic carbocycles. The zero-order valence-electron chi connectivity index (χ0n) is 6.97. The Morgan fingerprint density at radius 2 is 2.00 bits per heavy atom. The van der Waals surface area contributed by atoms with Gasteiger partial charge in [0, 0.05) is 43.4 Å². The van der Waals surface area contributed by atoms with Crippen molar-refractivity contribution in [2.24, 2.45) is 0 Å². The molecular formula is C9H15ArN. The summed E-state index contributed by atoms with van der Waals surface area (Å²) in [6, 6.07) is 0. The Labute approximate surface area is 98.8 Å². The van der Waals surface area contributed by atoms with Crippen LogP contribution < -0.4 is 0 Å². The fourth-order valence-corrected chi connectivity index (χ4v) is 1.24. The summed E-state index contributed by atoms with van der Waals surface area (Å²) in [5, 5.41) is 7.49. The molecule has 0 aliphatic heterocycles. The quantitative estimate of drug-likeness (QED) is 0.550. The molecule has 0 unspecified atom stereocenters. The minimum atomic E-state index is 0. The van der Waals surface area contributed by atoms with E-state index < -0.39 is 0 Å². The molecule has 0 aromatic heterocycles. The Kier molecular flexibility index (Phi) is 6.59. The van der Waals surface area contributed by atoms with Crippen LogP contribution in [0, 0.1) is 43.1 Å². The molecule has 0 saturated carbocycles. The fourth-order valence-electron chi connectivity index (χ4n) is 1.24. The third-order valence-electron chi connectivity index (χ3n) is 2.00. The molecule has 1 nitrogen and oxygen atoms in total. The Morgan fingerprint density at radius 1 is 1.27 bits per heavy atom. The van der Waals surface area contributed by atoms with E-state index in [2.05, 4.69) is 13.0 Å². The van der Waals surface area contributed by atoms with E-state index >= 15 is 0 Å². The van der Waals surface area contributed by atoms with Gasteiger partial charge in [0.05, 0.1) is 0 Å². The molecule has 0 fully saturated rings. The van der Waals surface area contributed by atoms with Crippen molar-refractivity contribution in [1.82, 2.24) is 0 Å². The van der Waals surface area contributed by atoms with Crippen LogP contribution >= 0.6 is 0 Å². The third kappa shape index (κ3) is 5.00. The van der Waals surface area contributed by atoms with E-state index in [0.717, 1.165) is 25.0 Å². The summed E-state index contributed by atoms with van der Waals surface area (Å²) in [7, 11) is 0. The van der Waals surface area contributed by atoms with Crippen LogP contribution in [0.5, 0.6) is 0 Å². The molecule has 0 spiro atoms. The molecule has 1 rings (SSSR count). The van der Waals surface area contributed by atoms with Gasteiger partial charge in [-0.2, -0.15) is 0 Å². The van der Waals surface area contributed by atoms with E-state index in [1.165, 1.54) is 18.4 Å². The summed E-state index contributed by atoms with van der Waals surface area (Å²) in [5.41, 5.74) is 2.40. The van der Waals surface area contributed by atoms with Crippen LogP contribution in [0.2, 0.25) is 0 Å². The predicted molar refractivity (Wildman–Crippen MR) is 44.6 cm³/mol. The molecule has 0 heterocycles. The summed E-state index contributed by atoms with van der Waals surface area (Å²) in [6.45, 7) is 2.17. The van der Waals surface area contributed by atoms with Crippen LogP contribution in [0.3, 0.4) is 0 Å². The predicted octanol–water partition coefficient (Wildman–Crippen LogP) is 2.92. The Morgan fingerprint density at radius 3 is 2.73 bits per heavy atom. The van der Waals surface area contributed by atoms with Crippen molar-refractivity contribution < 1.29 is 37.7 Å². The smallest absolute Gasteiger partial charge is 0.00924 e. The van der Waals surface area contributed by atoms with Gasteiger partial charge < -0.3 is 5.41 Å². The first-order chi connectivity index (χ1) is 4.79. The van der Waals surface area contributed by atoms with Crippen LogP contribution in [0.1, 0.15) is 39.0 Å². The molecule has 1 aliphatic rings. The van der Waals surface area contributed by atoms with Crippen LogP contribution in [-0.4, -0.2) is 5.71 Å². The first kappa shape index (κ1) is 11.7. The zero-order chi connectivity index (χ0) is 7.40. The molecule has 0 atom stereocenters. The number of rotatable bonds is 0. The molecule has 0 bridgehead atoms. The van der Waals surface area contributed by atoms with Gasteiger partial charge in [-0.05, 0) is 39.0 Å². The summed E-state index contributed by atoms with van der Waals surface area (Å²) in [6.07, 6.45) is 7.78. The van der Waals surface area contributed by atoms with E-state index in [4.69, 9.17) is 5.41 Å². The van der Waals surface area contributed by atoms with Crippen LogP contribution in [0.25, 0.3) is 0 Å². The minimum Gasteiger partial charge on any atom is -0.310 e. The van der Waals surface area contributed by atoms with Gasteiger partial charge in [-0.3, -0.25) is 0 Å². The minimum absolute atomic E-state index is 0. The normalized spacial score (nSPS) is 24.1. The molecule has 0 saturated heterocycles. The van der Waals surface area contributed by atoms with Crippen LogP contribution in [0.4, 0.5) is 0 Å². The van der Waals surface area contributed by atoms with Crippen LogP contribution in [-0.2, 0) is 0 Å². The number of hydrogen-bond donors (Lipinski definition) is 1. The van der Waals surface area contributed by atoms with Crippen molar-refractivity contribution in [1.29, 1.82) is 5.41 Å². The summed E-state index contributed by atoms with van der Waals surface area (Å²) < 4.78 is 0. The van der Waals surface area contributed by atoms with Crippen molar-refractivity contribution in [3.8, 4) is 0 Å². The van der Waals surface area contributed by atoms with E-state index in [-0.39, 0.29) is 37.7 Å². The van der Waals surface area contributed by atoms with Gasteiger partial charge in [0.2, 0.25) is 0 Å². The maximum absolute atomic E-state index is 7.49.